The SMILES string of the molecule is CC/C(=C\C=C\C(C)=O)CCC=C(C)C. The van der Waals surface area contributed by atoms with Gasteiger partial charge in [0.15, 0.2) is 5.78 Å². The number of hydrogen-bond donors (Lipinski definition) is 0. The minimum Gasteiger partial charge on any atom is -0.295 e. The van der Waals surface area contributed by atoms with Gasteiger partial charge in [-0.05, 0) is 46.1 Å². The van der Waals surface area contributed by atoms with E-state index in [0.717, 1.165) is 19.3 Å². The third-order valence-electron chi connectivity index (χ3n) is 2.14. The van der Waals surface area contributed by atoms with Crippen LogP contribution in [0.15, 0.2) is 35.5 Å². The monoisotopic (exact) mass is 206 g/mol. The predicted molar refractivity (Wildman–Crippen MR) is 66.9 cm³/mol. The van der Waals surface area contributed by atoms with Crippen LogP contribution >= 0.6 is 0 Å². The molecule has 15 heavy (non-hydrogen) atoms. The first-order valence-corrected chi connectivity index (χ1v) is 5.56. The lowest BCUT2D eigenvalue weighted by atomic mass is 10.1. The molecule has 0 aromatic heterocycles. The van der Waals surface area contributed by atoms with Crippen molar-refractivity contribution >= 4 is 5.78 Å². The van der Waals surface area contributed by atoms with Crippen molar-refractivity contribution in [2.24, 2.45) is 0 Å². The number of carbonyl (C=O) groups is 1. The molecule has 0 radical (unpaired) electrons. The Kier molecular flexibility index (Phi) is 7.61. The lowest BCUT2D eigenvalue weighted by Crippen LogP contribution is -1.82. The molecule has 0 saturated carbocycles. The van der Waals surface area contributed by atoms with Gasteiger partial charge in [0.2, 0.25) is 0 Å². The van der Waals surface area contributed by atoms with Crippen LogP contribution in [0.25, 0.3) is 0 Å². The smallest absolute Gasteiger partial charge is 0.152 e. The fraction of sp³-hybridized carbons (Fsp3) is 0.500. The molecule has 0 atom stereocenters. The average molecular weight is 206 g/mol. The summed E-state index contributed by atoms with van der Waals surface area (Å²) in [6, 6.07) is 0. The van der Waals surface area contributed by atoms with Crippen LogP contribution < -0.4 is 0 Å². The third-order valence-corrected chi connectivity index (χ3v) is 2.14. The molecule has 0 fully saturated rings. The van der Waals surface area contributed by atoms with Gasteiger partial charge < -0.3 is 0 Å². The summed E-state index contributed by atoms with van der Waals surface area (Å²) >= 11 is 0. The Morgan fingerprint density at radius 2 is 1.87 bits per heavy atom. The maximum Gasteiger partial charge on any atom is 0.152 e. The zero-order valence-electron chi connectivity index (χ0n) is 10.3. The molecule has 0 amide bonds. The Hall–Kier alpha value is -1.11. The number of ketones is 1. The zero-order chi connectivity index (χ0) is 11.7. The molecular weight excluding hydrogens is 184 g/mol. The minimum atomic E-state index is 0.103. The summed E-state index contributed by atoms with van der Waals surface area (Å²) in [5.74, 6) is 0.103. The van der Waals surface area contributed by atoms with Gasteiger partial charge in [-0.2, -0.15) is 0 Å². The summed E-state index contributed by atoms with van der Waals surface area (Å²) in [5, 5.41) is 0. The molecule has 0 aliphatic rings. The topological polar surface area (TPSA) is 17.1 Å². The Balaban J connectivity index is 4.12. The minimum absolute atomic E-state index is 0.103. The normalized spacial score (nSPS) is 11.9. The molecule has 0 aliphatic carbocycles. The second-order valence-electron chi connectivity index (χ2n) is 3.97. The highest BCUT2D eigenvalue weighted by Crippen LogP contribution is 2.11. The molecule has 0 heterocycles. The van der Waals surface area contributed by atoms with E-state index in [9.17, 15) is 4.79 Å². The lowest BCUT2D eigenvalue weighted by Gasteiger charge is -2.00. The van der Waals surface area contributed by atoms with E-state index in [-0.39, 0.29) is 5.78 Å². The largest absolute Gasteiger partial charge is 0.295 e. The summed E-state index contributed by atoms with van der Waals surface area (Å²) < 4.78 is 0. The molecule has 0 spiro atoms. The van der Waals surface area contributed by atoms with Crippen molar-refractivity contribution in [1.82, 2.24) is 0 Å². The van der Waals surface area contributed by atoms with Crippen LogP contribution in [0.1, 0.15) is 47.0 Å². The fourth-order valence-corrected chi connectivity index (χ4v) is 1.24. The number of hydrogen-bond acceptors (Lipinski definition) is 1. The van der Waals surface area contributed by atoms with Crippen molar-refractivity contribution in [3.8, 4) is 0 Å². The Morgan fingerprint density at radius 1 is 1.20 bits per heavy atom. The number of rotatable bonds is 6. The van der Waals surface area contributed by atoms with Crippen LogP contribution in [0, 0.1) is 0 Å². The molecule has 0 rings (SSSR count). The van der Waals surface area contributed by atoms with Crippen molar-refractivity contribution in [1.29, 1.82) is 0 Å². The molecule has 0 aromatic rings. The number of allylic oxidation sites excluding steroid dienone is 6. The summed E-state index contributed by atoms with van der Waals surface area (Å²) in [5.41, 5.74) is 2.76. The van der Waals surface area contributed by atoms with Crippen LogP contribution in [-0.4, -0.2) is 5.78 Å². The molecule has 1 heteroatoms. The highest BCUT2D eigenvalue weighted by molar-refractivity contribution is 5.87. The van der Waals surface area contributed by atoms with Crippen LogP contribution in [0.5, 0.6) is 0 Å². The molecule has 0 aliphatic heterocycles. The van der Waals surface area contributed by atoms with E-state index in [4.69, 9.17) is 0 Å². The quantitative estimate of drug-likeness (QED) is 0.361. The second kappa shape index (κ2) is 8.22. The highest BCUT2D eigenvalue weighted by atomic mass is 16.1. The zero-order valence-corrected chi connectivity index (χ0v) is 10.3. The van der Waals surface area contributed by atoms with E-state index in [1.165, 1.54) is 11.1 Å². The van der Waals surface area contributed by atoms with E-state index >= 15 is 0 Å². The van der Waals surface area contributed by atoms with Crippen LogP contribution in [-0.2, 0) is 4.79 Å². The number of carbonyl (C=O) groups excluding carboxylic acids is 1. The third kappa shape index (κ3) is 9.20. The van der Waals surface area contributed by atoms with Crippen LogP contribution in [0.3, 0.4) is 0 Å². The summed E-state index contributed by atoms with van der Waals surface area (Å²) in [4.78, 5) is 10.7. The molecule has 0 N–H and O–H groups in total. The van der Waals surface area contributed by atoms with E-state index < -0.39 is 0 Å². The summed E-state index contributed by atoms with van der Waals surface area (Å²) in [6.45, 7) is 7.95. The van der Waals surface area contributed by atoms with Crippen molar-refractivity contribution in [2.75, 3.05) is 0 Å². The molecule has 0 bridgehead atoms. The van der Waals surface area contributed by atoms with Gasteiger partial charge in [-0.15, -0.1) is 0 Å². The van der Waals surface area contributed by atoms with Crippen LogP contribution in [0.2, 0.25) is 0 Å². The van der Waals surface area contributed by atoms with Gasteiger partial charge in [0, 0.05) is 0 Å². The van der Waals surface area contributed by atoms with E-state index in [0.29, 0.717) is 0 Å². The van der Waals surface area contributed by atoms with E-state index in [2.05, 4.69) is 32.9 Å². The van der Waals surface area contributed by atoms with Gasteiger partial charge >= 0.3 is 0 Å². The van der Waals surface area contributed by atoms with E-state index in [1.807, 2.05) is 6.08 Å². The molecule has 0 saturated heterocycles. The molecule has 0 aromatic carbocycles. The predicted octanol–water partition coefficient (Wildman–Crippen LogP) is 4.21. The van der Waals surface area contributed by atoms with Gasteiger partial charge in [0.25, 0.3) is 0 Å². The van der Waals surface area contributed by atoms with E-state index in [1.54, 1.807) is 13.0 Å². The first-order valence-electron chi connectivity index (χ1n) is 5.56. The van der Waals surface area contributed by atoms with Gasteiger partial charge in [-0.1, -0.05) is 36.3 Å². The van der Waals surface area contributed by atoms with Crippen molar-refractivity contribution < 1.29 is 4.79 Å². The second-order valence-corrected chi connectivity index (χ2v) is 3.97. The van der Waals surface area contributed by atoms with Crippen molar-refractivity contribution in [3.63, 3.8) is 0 Å². The standard InChI is InChI=1S/C14H22O/c1-5-14(10-6-8-12(2)3)11-7-9-13(4)15/h7-9,11H,5-6,10H2,1-4H3/b9-7+,14-11+. The average Bonchev–Trinajstić information content (AvgIpc) is 2.14. The molecular formula is C14H22O. The Morgan fingerprint density at radius 3 is 2.33 bits per heavy atom. The van der Waals surface area contributed by atoms with Crippen molar-refractivity contribution in [3.05, 3.63) is 35.5 Å². The van der Waals surface area contributed by atoms with Crippen LogP contribution in [0.4, 0.5) is 0 Å². The van der Waals surface area contributed by atoms with Gasteiger partial charge in [0.05, 0.1) is 0 Å². The van der Waals surface area contributed by atoms with Gasteiger partial charge in [-0.3, -0.25) is 4.79 Å². The summed E-state index contributed by atoms with van der Waals surface area (Å²) in [7, 11) is 0. The Labute approximate surface area is 93.6 Å². The highest BCUT2D eigenvalue weighted by Gasteiger charge is 1.91. The first-order chi connectivity index (χ1) is 7.06. The van der Waals surface area contributed by atoms with Gasteiger partial charge in [0.1, 0.15) is 0 Å². The van der Waals surface area contributed by atoms with Gasteiger partial charge in [-0.25, -0.2) is 0 Å². The lowest BCUT2D eigenvalue weighted by molar-refractivity contribution is -0.112. The maximum absolute atomic E-state index is 10.7. The molecule has 84 valence electrons. The first kappa shape index (κ1) is 13.9. The molecule has 0 unspecified atom stereocenters. The van der Waals surface area contributed by atoms with Crippen molar-refractivity contribution in [2.45, 2.75) is 47.0 Å². The Bertz CT molecular complexity index is 276. The summed E-state index contributed by atoms with van der Waals surface area (Å²) in [6.07, 6.45) is 11.0. The maximum atomic E-state index is 10.7. The molecule has 1 nitrogen and oxygen atoms in total. The fourth-order valence-electron chi connectivity index (χ4n) is 1.24.